The van der Waals surface area contributed by atoms with Crippen LogP contribution in [0.1, 0.15) is 37.8 Å². The lowest BCUT2D eigenvalue weighted by molar-refractivity contribution is -0.123. The second-order valence-electron chi connectivity index (χ2n) is 9.56. The van der Waals surface area contributed by atoms with E-state index in [1.165, 1.54) is 11.3 Å². The molecule has 2 heterocycles. The number of para-hydroxylation sites is 1. The van der Waals surface area contributed by atoms with E-state index < -0.39 is 5.60 Å². The first-order valence-electron chi connectivity index (χ1n) is 11.5. The smallest absolute Gasteiger partial charge is 0.230 e. The van der Waals surface area contributed by atoms with Crippen LogP contribution in [-0.2, 0) is 16.8 Å². The van der Waals surface area contributed by atoms with Gasteiger partial charge in [-0.3, -0.25) is 4.79 Å². The first kappa shape index (κ1) is 21.8. The Morgan fingerprint density at radius 3 is 2.32 bits per heavy atom. The molecule has 0 radical (unpaired) electrons. The number of anilines is 2. The predicted molar refractivity (Wildman–Crippen MR) is 127 cm³/mol. The third-order valence-electron chi connectivity index (χ3n) is 6.74. The SMILES string of the molecule is CN1CCN(c2ccccc2CC2CCCN(c3ccc(C(C)(C)O)cc3)C2=O)CC1. The van der Waals surface area contributed by atoms with Crippen molar-refractivity contribution in [2.75, 3.05) is 49.6 Å². The Kier molecular flexibility index (Phi) is 6.35. The normalized spacial score (nSPS) is 20.9. The quantitative estimate of drug-likeness (QED) is 0.801. The second kappa shape index (κ2) is 9.01. The molecule has 0 aliphatic carbocycles. The van der Waals surface area contributed by atoms with Gasteiger partial charge in [0.25, 0.3) is 0 Å². The predicted octanol–water partition coefficient (Wildman–Crippen LogP) is 3.65. The van der Waals surface area contributed by atoms with Crippen LogP contribution in [0.15, 0.2) is 48.5 Å². The van der Waals surface area contributed by atoms with E-state index in [1.807, 2.05) is 29.2 Å². The number of aliphatic hydroxyl groups is 1. The number of amides is 1. The van der Waals surface area contributed by atoms with Gasteiger partial charge >= 0.3 is 0 Å². The molecule has 5 nitrogen and oxygen atoms in total. The monoisotopic (exact) mass is 421 g/mol. The highest BCUT2D eigenvalue weighted by molar-refractivity contribution is 5.96. The average molecular weight is 422 g/mol. The molecule has 166 valence electrons. The molecular weight excluding hydrogens is 386 g/mol. The van der Waals surface area contributed by atoms with Crippen molar-refractivity contribution < 1.29 is 9.90 Å². The molecule has 1 amide bonds. The lowest BCUT2D eigenvalue weighted by atomic mass is 9.89. The Labute approximate surface area is 186 Å². The Hall–Kier alpha value is -2.37. The van der Waals surface area contributed by atoms with Crippen LogP contribution in [0.5, 0.6) is 0 Å². The number of hydrogen-bond donors (Lipinski definition) is 1. The van der Waals surface area contributed by atoms with E-state index in [9.17, 15) is 9.90 Å². The van der Waals surface area contributed by atoms with Gasteiger partial charge in [-0.1, -0.05) is 30.3 Å². The van der Waals surface area contributed by atoms with Gasteiger partial charge in [0, 0.05) is 50.0 Å². The largest absolute Gasteiger partial charge is 0.386 e. The molecule has 5 heteroatoms. The lowest BCUT2D eigenvalue weighted by Crippen LogP contribution is -2.45. The van der Waals surface area contributed by atoms with Gasteiger partial charge in [0.15, 0.2) is 0 Å². The Bertz CT molecular complexity index is 896. The first-order valence-corrected chi connectivity index (χ1v) is 11.5. The van der Waals surface area contributed by atoms with Crippen molar-refractivity contribution in [2.45, 2.75) is 38.7 Å². The first-order chi connectivity index (χ1) is 14.8. The summed E-state index contributed by atoms with van der Waals surface area (Å²) in [5.41, 5.74) is 3.48. The van der Waals surface area contributed by atoms with Crippen LogP contribution in [0.25, 0.3) is 0 Å². The maximum atomic E-state index is 13.4. The second-order valence-corrected chi connectivity index (χ2v) is 9.56. The van der Waals surface area contributed by atoms with E-state index in [1.54, 1.807) is 13.8 Å². The topological polar surface area (TPSA) is 47.0 Å². The lowest BCUT2D eigenvalue weighted by Gasteiger charge is -2.36. The van der Waals surface area contributed by atoms with E-state index in [4.69, 9.17) is 0 Å². The van der Waals surface area contributed by atoms with Crippen LogP contribution in [0.3, 0.4) is 0 Å². The van der Waals surface area contributed by atoms with Crippen LogP contribution in [0.4, 0.5) is 11.4 Å². The van der Waals surface area contributed by atoms with Crippen LogP contribution in [0.2, 0.25) is 0 Å². The zero-order valence-electron chi connectivity index (χ0n) is 19.1. The number of nitrogens with zero attached hydrogens (tertiary/aromatic N) is 3. The highest BCUT2D eigenvalue weighted by Crippen LogP contribution is 2.31. The van der Waals surface area contributed by atoms with E-state index >= 15 is 0 Å². The van der Waals surface area contributed by atoms with E-state index in [0.717, 1.165) is 63.2 Å². The molecule has 0 aromatic heterocycles. The number of piperidine rings is 1. The maximum Gasteiger partial charge on any atom is 0.230 e. The standard InChI is InChI=1S/C26H35N3O2/c1-26(2,31)22-10-12-23(13-11-22)29-14-6-8-21(25(29)30)19-20-7-4-5-9-24(20)28-17-15-27(3)16-18-28/h4-5,7,9-13,21,31H,6,8,14-19H2,1-3H3. The van der Waals surface area contributed by atoms with Crippen LogP contribution >= 0.6 is 0 Å². The molecule has 2 aromatic rings. The molecule has 31 heavy (non-hydrogen) atoms. The van der Waals surface area contributed by atoms with Crippen molar-refractivity contribution in [1.82, 2.24) is 4.90 Å². The van der Waals surface area contributed by atoms with Gasteiger partial charge in [0.1, 0.15) is 0 Å². The van der Waals surface area contributed by atoms with Crippen LogP contribution in [-0.4, -0.2) is 55.7 Å². The Morgan fingerprint density at radius 1 is 0.968 bits per heavy atom. The van der Waals surface area contributed by atoms with E-state index in [-0.39, 0.29) is 11.8 Å². The third kappa shape index (κ3) is 4.94. The molecule has 1 N–H and O–H groups in total. The molecule has 2 saturated heterocycles. The summed E-state index contributed by atoms with van der Waals surface area (Å²) < 4.78 is 0. The van der Waals surface area contributed by atoms with Crippen molar-refractivity contribution in [2.24, 2.45) is 5.92 Å². The molecule has 0 saturated carbocycles. The summed E-state index contributed by atoms with van der Waals surface area (Å²) in [7, 11) is 2.17. The minimum atomic E-state index is -0.875. The summed E-state index contributed by atoms with van der Waals surface area (Å²) in [6, 6.07) is 16.4. The number of rotatable bonds is 5. The van der Waals surface area contributed by atoms with Gasteiger partial charge in [-0.2, -0.15) is 0 Å². The van der Waals surface area contributed by atoms with Crippen LogP contribution < -0.4 is 9.80 Å². The number of hydrogen-bond acceptors (Lipinski definition) is 4. The van der Waals surface area contributed by atoms with Gasteiger partial charge in [-0.15, -0.1) is 0 Å². The summed E-state index contributed by atoms with van der Waals surface area (Å²) in [6.45, 7) is 8.54. The molecule has 2 aromatic carbocycles. The maximum absolute atomic E-state index is 13.4. The van der Waals surface area contributed by atoms with Gasteiger partial charge < -0.3 is 19.8 Å². The Morgan fingerprint density at radius 2 is 1.65 bits per heavy atom. The third-order valence-corrected chi connectivity index (χ3v) is 6.74. The van der Waals surface area contributed by atoms with Gasteiger partial charge in [0.05, 0.1) is 5.60 Å². The summed E-state index contributed by atoms with van der Waals surface area (Å²) in [5.74, 6) is 0.228. The molecular formula is C26H35N3O2. The summed E-state index contributed by atoms with van der Waals surface area (Å²) >= 11 is 0. The van der Waals surface area contributed by atoms with Gasteiger partial charge in [0.2, 0.25) is 5.91 Å². The summed E-state index contributed by atoms with van der Waals surface area (Å²) in [4.78, 5) is 20.2. The van der Waals surface area contributed by atoms with Crippen molar-refractivity contribution in [1.29, 1.82) is 0 Å². The average Bonchev–Trinajstić information content (AvgIpc) is 2.76. The fourth-order valence-electron chi connectivity index (χ4n) is 4.75. The molecule has 2 aliphatic rings. The van der Waals surface area contributed by atoms with Crippen molar-refractivity contribution in [3.05, 3.63) is 59.7 Å². The van der Waals surface area contributed by atoms with Gasteiger partial charge in [-0.05, 0) is 69.5 Å². The molecule has 2 fully saturated rings. The molecule has 0 spiro atoms. The number of benzene rings is 2. The molecule has 1 unspecified atom stereocenters. The minimum absolute atomic E-state index is 0.0105. The molecule has 2 aliphatic heterocycles. The zero-order valence-corrected chi connectivity index (χ0v) is 19.1. The van der Waals surface area contributed by atoms with E-state index in [0.29, 0.717) is 0 Å². The molecule has 4 rings (SSSR count). The Balaban J connectivity index is 1.49. The van der Waals surface area contributed by atoms with Crippen molar-refractivity contribution in [3.8, 4) is 0 Å². The molecule has 1 atom stereocenters. The molecule has 0 bridgehead atoms. The van der Waals surface area contributed by atoms with Crippen molar-refractivity contribution >= 4 is 17.3 Å². The van der Waals surface area contributed by atoms with Gasteiger partial charge in [-0.25, -0.2) is 0 Å². The van der Waals surface area contributed by atoms with Crippen LogP contribution in [0, 0.1) is 5.92 Å². The summed E-state index contributed by atoms with van der Waals surface area (Å²) in [5, 5.41) is 10.2. The van der Waals surface area contributed by atoms with E-state index in [2.05, 4.69) is 41.1 Å². The highest BCUT2D eigenvalue weighted by atomic mass is 16.3. The minimum Gasteiger partial charge on any atom is -0.386 e. The van der Waals surface area contributed by atoms with Crippen molar-refractivity contribution in [3.63, 3.8) is 0 Å². The highest BCUT2D eigenvalue weighted by Gasteiger charge is 2.31. The number of piperazine rings is 1. The number of carbonyl (C=O) groups excluding carboxylic acids is 1. The zero-order chi connectivity index (χ0) is 22.0. The number of likely N-dealkylation sites (N-methyl/N-ethyl adjacent to an activating group) is 1. The summed E-state index contributed by atoms with van der Waals surface area (Å²) in [6.07, 6.45) is 2.74. The number of carbonyl (C=O) groups is 1. The fourth-order valence-corrected chi connectivity index (χ4v) is 4.75. The fraction of sp³-hybridized carbons (Fsp3) is 0.500.